The van der Waals surface area contributed by atoms with Crippen molar-refractivity contribution in [3.05, 3.63) is 15.6 Å². The van der Waals surface area contributed by atoms with Crippen LogP contribution < -0.4 is 16.7 Å². The molecule has 0 heterocycles. The smallest absolute Gasteiger partial charge is 0.142 e. The Hall–Kier alpha value is -0.370. The molecule has 0 aromatic heterocycles. The van der Waals surface area contributed by atoms with Crippen molar-refractivity contribution in [3.8, 4) is 0 Å². The Kier molecular flexibility index (Phi) is 3.04. The van der Waals surface area contributed by atoms with E-state index in [0.717, 1.165) is 10.2 Å². The van der Waals surface area contributed by atoms with Gasteiger partial charge in [-0.25, -0.2) is 0 Å². The second-order valence-corrected chi connectivity index (χ2v) is 8.40. The average molecular weight is 320 g/mol. The highest BCUT2D eigenvalue weighted by molar-refractivity contribution is 9.10. The van der Waals surface area contributed by atoms with Crippen LogP contribution in [-0.2, 0) is 10.8 Å². The number of halogens is 1. The first-order valence-corrected chi connectivity index (χ1v) is 7.77. The molecule has 4 heteroatoms. The minimum absolute atomic E-state index is 0.121. The molecule has 2 rings (SSSR count). The SMILES string of the molecule is Bc1c(N)c(Br)c(B)c2c1C(C)(C)C(C)(C)C2(C)C. The summed E-state index contributed by atoms with van der Waals surface area (Å²) in [6.07, 6.45) is 0. The zero-order valence-corrected chi connectivity index (χ0v) is 15.0. The van der Waals surface area contributed by atoms with Crippen molar-refractivity contribution in [3.63, 3.8) is 0 Å². The summed E-state index contributed by atoms with van der Waals surface area (Å²) in [7, 11) is 4.36. The summed E-state index contributed by atoms with van der Waals surface area (Å²) in [5.41, 5.74) is 13.1. The van der Waals surface area contributed by atoms with Crippen molar-refractivity contribution >= 4 is 48.2 Å². The normalized spacial score (nSPS) is 22.3. The van der Waals surface area contributed by atoms with Crippen LogP contribution in [0.25, 0.3) is 0 Å². The van der Waals surface area contributed by atoms with Crippen LogP contribution in [-0.4, -0.2) is 15.7 Å². The van der Waals surface area contributed by atoms with Gasteiger partial charge in [0.1, 0.15) is 15.7 Å². The molecule has 0 atom stereocenters. The van der Waals surface area contributed by atoms with Crippen LogP contribution in [0.15, 0.2) is 4.47 Å². The number of nitrogens with two attached hydrogens (primary N) is 1. The lowest BCUT2D eigenvalue weighted by atomic mass is 9.58. The summed E-state index contributed by atoms with van der Waals surface area (Å²) in [5, 5.41) is 0. The third-order valence-electron chi connectivity index (χ3n) is 6.34. The summed E-state index contributed by atoms with van der Waals surface area (Å²) >= 11 is 3.69. The molecule has 0 saturated carbocycles. The minimum atomic E-state index is 0.121. The second-order valence-electron chi connectivity index (χ2n) is 7.60. The fraction of sp³-hybridized carbons (Fsp3) is 0.600. The van der Waals surface area contributed by atoms with Crippen molar-refractivity contribution in [2.75, 3.05) is 5.73 Å². The molecule has 1 aliphatic carbocycles. The lowest BCUT2D eigenvalue weighted by Crippen LogP contribution is -2.43. The fourth-order valence-electron chi connectivity index (χ4n) is 3.95. The molecule has 1 aromatic rings. The standard InChI is InChI=1S/C15H24B2BrN/c1-13(2)7-8(14(3,4)15(13,5)6)10(17)12(19)11(18)9(7)16/h16-17,19H2,1-6H3. The first-order chi connectivity index (χ1) is 8.39. The molecule has 0 aliphatic heterocycles. The highest BCUT2D eigenvalue weighted by atomic mass is 79.9. The van der Waals surface area contributed by atoms with Crippen LogP contribution in [0.5, 0.6) is 0 Å². The maximum Gasteiger partial charge on any atom is 0.142 e. The van der Waals surface area contributed by atoms with E-state index in [9.17, 15) is 0 Å². The monoisotopic (exact) mass is 319 g/mol. The van der Waals surface area contributed by atoms with Gasteiger partial charge in [-0.2, -0.15) is 0 Å². The second kappa shape index (κ2) is 3.84. The van der Waals surface area contributed by atoms with Crippen LogP contribution in [0.1, 0.15) is 52.7 Å². The summed E-state index contributed by atoms with van der Waals surface area (Å²) in [6.45, 7) is 14.2. The molecule has 1 nitrogen and oxygen atoms in total. The van der Waals surface area contributed by atoms with E-state index < -0.39 is 0 Å². The summed E-state index contributed by atoms with van der Waals surface area (Å²) in [6, 6.07) is 0. The predicted molar refractivity (Wildman–Crippen MR) is 94.7 cm³/mol. The lowest BCUT2D eigenvalue weighted by molar-refractivity contribution is 0.125. The number of fused-ring (bicyclic) bond motifs is 1. The maximum absolute atomic E-state index is 6.31. The van der Waals surface area contributed by atoms with Crippen molar-refractivity contribution < 1.29 is 0 Å². The Morgan fingerprint density at radius 1 is 0.842 bits per heavy atom. The van der Waals surface area contributed by atoms with Crippen molar-refractivity contribution in [2.24, 2.45) is 5.41 Å². The maximum atomic E-state index is 6.31. The van der Waals surface area contributed by atoms with Crippen molar-refractivity contribution in [2.45, 2.75) is 52.4 Å². The molecule has 0 amide bonds. The van der Waals surface area contributed by atoms with Gasteiger partial charge in [0.2, 0.25) is 0 Å². The van der Waals surface area contributed by atoms with Crippen molar-refractivity contribution in [1.82, 2.24) is 0 Å². The van der Waals surface area contributed by atoms with E-state index in [-0.39, 0.29) is 16.2 Å². The highest BCUT2D eigenvalue weighted by Gasteiger charge is 2.58. The number of nitrogen functional groups attached to an aromatic ring is 1. The Balaban J connectivity index is 3.02. The summed E-state index contributed by atoms with van der Waals surface area (Å²) in [5.74, 6) is 0. The Morgan fingerprint density at radius 3 is 1.63 bits per heavy atom. The predicted octanol–water partition coefficient (Wildman–Crippen LogP) is 1.14. The highest BCUT2D eigenvalue weighted by Crippen LogP contribution is 2.60. The van der Waals surface area contributed by atoms with E-state index in [2.05, 4.69) is 73.2 Å². The largest absolute Gasteiger partial charge is 0.398 e. The number of rotatable bonds is 0. The molecule has 0 bridgehead atoms. The Bertz CT molecular complexity index is 525. The molecule has 1 aliphatic rings. The quantitative estimate of drug-likeness (QED) is 0.563. The molecule has 19 heavy (non-hydrogen) atoms. The van der Waals surface area contributed by atoms with Gasteiger partial charge in [-0.1, -0.05) is 52.5 Å². The van der Waals surface area contributed by atoms with Gasteiger partial charge < -0.3 is 5.73 Å². The topological polar surface area (TPSA) is 26.0 Å². The van der Waals surface area contributed by atoms with Crippen molar-refractivity contribution in [1.29, 1.82) is 0 Å². The number of hydrogen-bond acceptors (Lipinski definition) is 1. The summed E-state index contributed by atoms with van der Waals surface area (Å²) in [4.78, 5) is 0. The molecule has 102 valence electrons. The van der Waals surface area contributed by atoms with Gasteiger partial charge in [0.15, 0.2) is 0 Å². The van der Waals surface area contributed by atoms with E-state index in [1.54, 1.807) is 0 Å². The summed E-state index contributed by atoms with van der Waals surface area (Å²) < 4.78 is 1.07. The molecular formula is C15H24B2BrN. The molecule has 0 unspecified atom stereocenters. The van der Waals surface area contributed by atoms with Gasteiger partial charge in [0, 0.05) is 10.2 Å². The van der Waals surface area contributed by atoms with Crippen LogP contribution in [0.3, 0.4) is 0 Å². The number of benzene rings is 1. The number of anilines is 1. The van der Waals surface area contributed by atoms with E-state index >= 15 is 0 Å². The van der Waals surface area contributed by atoms with Gasteiger partial charge in [-0.15, -0.1) is 0 Å². The minimum Gasteiger partial charge on any atom is -0.398 e. The molecule has 0 spiro atoms. The van der Waals surface area contributed by atoms with Crippen LogP contribution in [0, 0.1) is 5.41 Å². The van der Waals surface area contributed by atoms with Crippen LogP contribution >= 0.6 is 15.9 Å². The molecule has 0 fully saturated rings. The Labute approximate surface area is 127 Å². The van der Waals surface area contributed by atoms with E-state index in [4.69, 9.17) is 5.73 Å². The Morgan fingerprint density at radius 2 is 1.21 bits per heavy atom. The van der Waals surface area contributed by atoms with Gasteiger partial charge in [0.05, 0.1) is 0 Å². The first kappa shape index (κ1) is 15.0. The molecular weight excluding hydrogens is 296 g/mol. The van der Waals surface area contributed by atoms with Gasteiger partial charge >= 0.3 is 0 Å². The van der Waals surface area contributed by atoms with E-state index in [0.29, 0.717) is 0 Å². The average Bonchev–Trinajstić information content (AvgIpc) is 2.39. The van der Waals surface area contributed by atoms with E-state index in [1.165, 1.54) is 22.1 Å². The lowest BCUT2D eigenvalue weighted by Gasteiger charge is -2.45. The van der Waals surface area contributed by atoms with E-state index in [1.807, 2.05) is 0 Å². The van der Waals surface area contributed by atoms with Gasteiger partial charge in [0.25, 0.3) is 0 Å². The third-order valence-corrected chi connectivity index (χ3v) is 7.37. The zero-order chi connectivity index (χ0) is 15.0. The molecule has 0 radical (unpaired) electrons. The van der Waals surface area contributed by atoms with Gasteiger partial charge in [-0.05, 0) is 43.3 Å². The third kappa shape index (κ3) is 1.50. The molecule has 2 N–H and O–H groups in total. The first-order valence-electron chi connectivity index (χ1n) is 6.98. The van der Waals surface area contributed by atoms with Crippen LogP contribution in [0.2, 0.25) is 0 Å². The van der Waals surface area contributed by atoms with Gasteiger partial charge in [-0.3, -0.25) is 0 Å². The number of hydrogen-bond donors (Lipinski definition) is 1. The molecule has 1 aromatic carbocycles. The zero-order valence-electron chi connectivity index (χ0n) is 13.5. The van der Waals surface area contributed by atoms with Crippen LogP contribution in [0.4, 0.5) is 5.69 Å². The fourth-order valence-corrected chi connectivity index (χ4v) is 4.45. The molecule has 0 saturated heterocycles.